The zero-order valence-corrected chi connectivity index (χ0v) is 11.0. The summed E-state index contributed by atoms with van der Waals surface area (Å²) in [6.07, 6.45) is 4.92. The summed E-state index contributed by atoms with van der Waals surface area (Å²) >= 11 is 0. The number of hydrogen-bond donors (Lipinski definition) is 1. The van der Waals surface area contributed by atoms with Gasteiger partial charge in [-0.3, -0.25) is 0 Å². The van der Waals surface area contributed by atoms with Gasteiger partial charge in [0.25, 0.3) is 0 Å². The first kappa shape index (κ1) is 10.8. The Morgan fingerprint density at radius 3 is 2.62 bits per heavy atom. The molecule has 0 radical (unpaired) electrons. The van der Waals surface area contributed by atoms with Gasteiger partial charge in [0.2, 0.25) is 0 Å². The molecule has 0 aromatic rings. The van der Waals surface area contributed by atoms with E-state index in [1.807, 2.05) is 0 Å². The summed E-state index contributed by atoms with van der Waals surface area (Å²) in [5.74, 6) is 1.35. The molecule has 0 heterocycles. The summed E-state index contributed by atoms with van der Waals surface area (Å²) < 4.78 is 0. The molecule has 4 atom stereocenters. The Labute approximate surface area is 98.9 Å². The average Bonchev–Trinajstić information content (AvgIpc) is 2.76. The number of rotatable bonds is 0. The minimum atomic E-state index is -0.0941. The molecule has 0 spiro atoms. The highest BCUT2D eigenvalue weighted by atomic mass is 16.3. The van der Waals surface area contributed by atoms with Gasteiger partial charge in [-0.25, -0.2) is 0 Å². The molecule has 0 amide bonds. The highest BCUT2D eigenvalue weighted by molar-refractivity contribution is 5.31. The first-order valence-corrected chi connectivity index (χ1v) is 6.73. The summed E-state index contributed by atoms with van der Waals surface area (Å²) in [6.45, 7) is 9.21. The fourth-order valence-corrected chi connectivity index (χ4v) is 4.42. The summed E-state index contributed by atoms with van der Waals surface area (Å²) in [6, 6.07) is 0. The second-order valence-electron chi connectivity index (χ2n) is 7.32. The zero-order chi connectivity index (χ0) is 11.7. The van der Waals surface area contributed by atoms with Crippen molar-refractivity contribution in [2.75, 3.05) is 0 Å². The largest absolute Gasteiger partial charge is 0.392 e. The van der Waals surface area contributed by atoms with Gasteiger partial charge >= 0.3 is 0 Å². The van der Waals surface area contributed by atoms with Crippen molar-refractivity contribution in [3.63, 3.8) is 0 Å². The van der Waals surface area contributed by atoms with E-state index in [0.717, 1.165) is 12.3 Å². The summed E-state index contributed by atoms with van der Waals surface area (Å²) in [5.41, 5.74) is 3.84. The molecule has 1 nitrogen and oxygen atoms in total. The predicted octanol–water partition coefficient (Wildman–Crippen LogP) is 3.53. The highest BCUT2D eigenvalue weighted by Gasteiger charge is 2.63. The van der Waals surface area contributed by atoms with Crippen molar-refractivity contribution in [1.82, 2.24) is 0 Å². The van der Waals surface area contributed by atoms with Gasteiger partial charge in [-0.05, 0) is 55.3 Å². The van der Waals surface area contributed by atoms with Crippen LogP contribution in [0.5, 0.6) is 0 Å². The third-order valence-corrected chi connectivity index (χ3v) is 5.75. The molecule has 1 heteroatoms. The molecule has 0 saturated heterocycles. The number of aliphatic hydroxyl groups excluding tert-OH is 1. The van der Waals surface area contributed by atoms with E-state index in [-0.39, 0.29) is 11.5 Å². The molecular weight excluding hydrogens is 196 g/mol. The van der Waals surface area contributed by atoms with Crippen LogP contribution in [0, 0.1) is 22.7 Å². The number of hydrogen-bond acceptors (Lipinski definition) is 1. The van der Waals surface area contributed by atoms with Crippen LogP contribution in [0.25, 0.3) is 0 Å². The molecule has 3 aliphatic carbocycles. The number of aliphatic hydroxyl groups is 1. The van der Waals surface area contributed by atoms with E-state index in [0.29, 0.717) is 11.3 Å². The number of allylic oxidation sites excluding steroid dienone is 2. The summed E-state index contributed by atoms with van der Waals surface area (Å²) in [5, 5.41) is 10.5. The van der Waals surface area contributed by atoms with E-state index >= 15 is 0 Å². The third-order valence-electron chi connectivity index (χ3n) is 5.75. The van der Waals surface area contributed by atoms with Crippen molar-refractivity contribution in [2.24, 2.45) is 22.7 Å². The van der Waals surface area contributed by atoms with E-state index in [2.05, 4.69) is 27.7 Å². The van der Waals surface area contributed by atoms with E-state index in [1.54, 1.807) is 11.1 Å². The minimum Gasteiger partial charge on any atom is -0.392 e. The van der Waals surface area contributed by atoms with E-state index in [9.17, 15) is 5.11 Å². The van der Waals surface area contributed by atoms with Crippen LogP contribution >= 0.6 is 0 Å². The monoisotopic (exact) mass is 220 g/mol. The topological polar surface area (TPSA) is 20.2 Å². The lowest BCUT2D eigenvalue weighted by Gasteiger charge is -2.30. The first-order valence-electron chi connectivity index (χ1n) is 6.73. The average molecular weight is 220 g/mol. The fraction of sp³-hybridized carbons (Fsp3) is 0.867. The van der Waals surface area contributed by atoms with Crippen LogP contribution < -0.4 is 0 Å². The smallest absolute Gasteiger partial charge is 0.0627 e. The Balaban J connectivity index is 2.05. The normalized spacial score (nSPS) is 49.7. The molecule has 4 unspecified atom stereocenters. The molecular formula is C15H24O. The first-order chi connectivity index (χ1) is 7.36. The van der Waals surface area contributed by atoms with E-state index in [4.69, 9.17) is 0 Å². The molecule has 0 aromatic carbocycles. The molecule has 90 valence electrons. The van der Waals surface area contributed by atoms with Crippen molar-refractivity contribution in [1.29, 1.82) is 0 Å². The van der Waals surface area contributed by atoms with Crippen molar-refractivity contribution in [2.45, 2.75) is 59.5 Å². The molecule has 2 saturated carbocycles. The van der Waals surface area contributed by atoms with Crippen molar-refractivity contribution in [3.05, 3.63) is 11.1 Å². The molecule has 16 heavy (non-hydrogen) atoms. The summed E-state index contributed by atoms with van der Waals surface area (Å²) in [7, 11) is 0. The second kappa shape index (κ2) is 2.93. The molecule has 0 aliphatic heterocycles. The lowest BCUT2D eigenvalue weighted by atomic mass is 9.78. The maximum absolute atomic E-state index is 10.5. The van der Waals surface area contributed by atoms with Crippen LogP contribution in [-0.2, 0) is 0 Å². The highest BCUT2D eigenvalue weighted by Crippen LogP contribution is 2.69. The van der Waals surface area contributed by atoms with E-state index < -0.39 is 0 Å². The van der Waals surface area contributed by atoms with Crippen LogP contribution in [0.4, 0.5) is 0 Å². The van der Waals surface area contributed by atoms with Crippen LogP contribution in [-0.4, -0.2) is 11.2 Å². The SMILES string of the molecule is CC1=C2CC(C)(C)C(O)C3CC3(C)C2CC1. The number of fused-ring (bicyclic) bond motifs is 3. The Kier molecular flexibility index (Phi) is 1.98. The van der Waals surface area contributed by atoms with Crippen LogP contribution in [0.3, 0.4) is 0 Å². The van der Waals surface area contributed by atoms with Crippen molar-refractivity contribution < 1.29 is 5.11 Å². The molecule has 3 aliphatic rings. The standard InChI is InChI=1S/C15H24O/c1-9-5-6-11-10(9)7-14(2,3)13(16)12-8-15(11,12)4/h11-13,16H,5-8H2,1-4H3. The molecule has 0 bridgehead atoms. The van der Waals surface area contributed by atoms with Crippen LogP contribution in [0.1, 0.15) is 53.4 Å². The predicted molar refractivity (Wildman–Crippen MR) is 66.0 cm³/mol. The van der Waals surface area contributed by atoms with Crippen molar-refractivity contribution >= 4 is 0 Å². The van der Waals surface area contributed by atoms with Gasteiger partial charge in [0, 0.05) is 0 Å². The second-order valence-corrected chi connectivity index (χ2v) is 7.32. The zero-order valence-electron chi connectivity index (χ0n) is 11.0. The lowest BCUT2D eigenvalue weighted by Crippen LogP contribution is -2.31. The van der Waals surface area contributed by atoms with Gasteiger partial charge in [0.15, 0.2) is 0 Å². The Hall–Kier alpha value is -0.300. The van der Waals surface area contributed by atoms with Gasteiger partial charge in [-0.1, -0.05) is 31.9 Å². The molecule has 2 fully saturated rings. The fourth-order valence-electron chi connectivity index (χ4n) is 4.42. The van der Waals surface area contributed by atoms with Crippen LogP contribution in [0.2, 0.25) is 0 Å². The lowest BCUT2D eigenvalue weighted by molar-refractivity contribution is 0.0276. The molecule has 0 aromatic heterocycles. The Morgan fingerprint density at radius 1 is 1.25 bits per heavy atom. The quantitative estimate of drug-likeness (QED) is 0.619. The Morgan fingerprint density at radius 2 is 1.94 bits per heavy atom. The van der Waals surface area contributed by atoms with Gasteiger partial charge in [-0.15, -0.1) is 0 Å². The maximum Gasteiger partial charge on any atom is 0.0627 e. The Bertz CT molecular complexity index is 366. The van der Waals surface area contributed by atoms with E-state index in [1.165, 1.54) is 19.3 Å². The minimum absolute atomic E-state index is 0.0815. The third kappa shape index (κ3) is 1.21. The molecule has 3 rings (SSSR count). The summed E-state index contributed by atoms with van der Waals surface area (Å²) in [4.78, 5) is 0. The maximum atomic E-state index is 10.5. The van der Waals surface area contributed by atoms with Crippen molar-refractivity contribution in [3.8, 4) is 0 Å². The van der Waals surface area contributed by atoms with Gasteiger partial charge in [-0.2, -0.15) is 0 Å². The van der Waals surface area contributed by atoms with Gasteiger partial charge < -0.3 is 5.11 Å². The van der Waals surface area contributed by atoms with Gasteiger partial charge in [0.1, 0.15) is 0 Å². The van der Waals surface area contributed by atoms with Gasteiger partial charge in [0.05, 0.1) is 6.10 Å². The van der Waals surface area contributed by atoms with Crippen LogP contribution in [0.15, 0.2) is 11.1 Å². The molecule has 1 N–H and O–H groups in total.